The van der Waals surface area contributed by atoms with Crippen LogP contribution in [0.25, 0.3) is 6.08 Å². The number of carbonyl (C=O) groups excluding carboxylic acids is 1. The second kappa shape index (κ2) is 5.69. The van der Waals surface area contributed by atoms with E-state index in [-0.39, 0.29) is 5.97 Å². The normalized spacial score (nSPS) is 11.8. The predicted molar refractivity (Wildman–Crippen MR) is 74.0 cm³/mol. The highest BCUT2D eigenvalue weighted by atomic mass is 79.9. The molecule has 0 spiro atoms. The molecule has 0 aromatic heterocycles. The van der Waals surface area contributed by atoms with Gasteiger partial charge >= 0.3 is 5.97 Å². The van der Waals surface area contributed by atoms with Crippen LogP contribution >= 0.6 is 27.5 Å². The van der Waals surface area contributed by atoms with Crippen molar-refractivity contribution in [1.29, 1.82) is 0 Å². The third kappa shape index (κ3) is 5.37. The molecule has 0 amide bonds. The predicted octanol–water partition coefficient (Wildman–Crippen LogP) is 4.46. The van der Waals surface area contributed by atoms with Gasteiger partial charge in [0.2, 0.25) is 0 Å². The SMILES string of the molecule is CC(C)(C)OC(=O)/C=C/c1ccc(Br)c(Cl)c1. The van der Waals surface area contributed by atoms with E-state index in [0.29, 0.717) is 5.02 Å². The van der Waals surface area contributed by atoms with E-state index in [1.54, 1.807) is 12.1 Å². The second-order valence-corrected chi connectivity index (χ2v) is 5.80. The molecule has 0 saturated carbocycles. The largest absolute Gasteiger partial charge is 0.457 e. The van der Waals surface area contributed by atoms with Crippen LogP contribution in [-0.2, 0) is 9.53 Å². The highest BCUT2D eigenvalue weighted by molar-refractivity contribution is 9.10. The summed E-state index contributed by atoms with van der Waals surface area (Å²) in [5, 5.41) is 0.608. The fourth-order valence-corrected chi connectivity index (χ4v) is 1.55. The van der Waals surface area contributed by atoms with Crippen molar-refractivity contribution in [2.75, 3.05) is 0 Å². The average Bonchev–Trinajstić information content (AvgIpc) is 2.17. The Morgan fingerprint density at radius 1 is 1.41 bits per heavy atom. The summed E-state index contributed by atoms with van der Waals surface area (Å²) < 4.78 is 5.97. The maximum absolute atomic E-state index is 11.4. The van der Waals surface area contributed by atoms with E-state index in [2.05, 4.69) is 15.9 Å². The monoisotopic (exact) mass is 316 g/mol. The van der Waals surface area contributed by atoms with Crippen LogP contribution in [0.1, 0.15) is 26.3 Å². The molecule has 0 unspecified atom stereocenters. The summed E-state index contributed by atoms with van der Waals surface area (Å²) in [6.07, 6.45) is 3.07. The summed E-state index contributed by atoms with van der Waals surface area (Å²) in [5.74, 6) is -0.364. The van der Waals surface area contributed by atoms with Crippen molar-refractivity contribution in [3.63, 3.8) is 0 Å². The number of halogens is 2. The minimum Gasteiger partial charge on any atom is -0.457 e. The number of hydrogen-bond acceptors (Lipinski definition) is 2. The van der Waals surface area contributed by atoms with Gasteiger partial charge in [0.25, 0.3) is 0 Å². The van der Waals surface area contributed by atoms with Crippen molar-refractivity contribution in [3.8, 4) is 0 Å². The van der Waals surface area contributed by atoms with Crippen LogP contribution < -0.4 is 0 Å². The molecule has 0 heterocycles. The van der Waals surface area contributed by atoms with Crippen molar-refractivity contribution in [3.05, 3.63) is 39.3 Å². The van der Waals surface area contributed by atoms with Gasteiger partial charge < -0.3 is 4.74 Å². The lowest BCUT2D eigenvalue weighted by Crippen LogP contribution is -2.22. The Hall–Kier alpha value is -0.800. The van der Waals surface area contributed by atoms with E-state index in [4.69, 9.17) is 16.3 Å². The van der Waals surface area contributed by atoms with Crippen LogP contribution in [0, 0.1) is 0 Å². The number of hydrogen-bond donors (Lipinski definition) is 0. The zero-order chi connectivity index (χ0) is 13.1. The Balaban J connectivity index is 2.71. The van der Waals surface area contributed by atoms with Crippen molar-refractivity contribution < 1.29 is 9.53 Å². The van der Waals surface area contributed by atoms with Crippen LogP contribution in [0.2, 0.25) is 5.02 Å². The van der Waals surface area contributed by atoms with Gasteiger partial charge in [-0.3, -0.25) is 0 Å². The second-order valence-electron chi connectivity index (χ2n) is 4.54. The van der Waals surface area contributed by atoms with E-state index in [9.17, 15) is 4.79 Å². The zero-order valence-corrected chi connectivity index (χ0v) is 12.3. The fourth-order valence-electron chi connectivity index (χ4n) is 1.12. The van der Waals surface area contributed by atoms with Crippen molar-refractivity contribution in [1.82, 2.24) is 0 Å². The molecule has 17 heavy (non-hydrogen) atoms. The first-order valence-corrected chi connectivity index (χ1v) is 6.31. The number of carbonyl (C=O) groups is 1. The quantitative estimate of drug-likeness (QED) is 0.595. The highest BCUT2D eigenvalue weighted by Gasteiger charge is 2.13. The molecule has 4 heteroatoms. The molecule has 0 N–H and O–H groups in total. The van der Waals surface area contributed by atoms with Crippen LogP contribution in [0.5, 0.6) is 0 Å². The molecule has 0 saturated heterocycles. The lowest BCUT2D eigenvalue weighted by Gasteiger charge is -2.17. The zero-order valence-electron chi connectivity index (χ0n) is 9.96. The molecule has 1 aromatic carbocycles. The van der Waals surface area contributed by atoms with Crippen molar-refractivity contribution in [2.45, 2.75) is 26.4 Å². The number of esters is 1. The summed E-state index contributed by atoms with van der Waals surface area (Å²) in [5.41, 5.74) is 0.378. The third-order valence-electron chi connectivity index (χ3n) is 1.76. The van der Waals surface area contributed by atoms with Crippen molar-refractivity contribution >= 4 is 39.6 Å². The molecular weight excluding hydrogens is 303 g/mol. The average molecular weight is 318 g/mol. The van der Waals surface area contributed by atoms with Gasteiger partial charge in [-0.2, -0.15) is 0 Å². The van der Waals surface area contributed by atoms with Crippen LogP contribution in [0.4, 0.5) is 0 Å². The highest BCUT2D eigenvalue weighted by Crippen LogP contribution is 2.23. The Morgan fingerprint density at radius 3 is 2.59 bits per heavy atom. The van der Waals surface area contributed by atoms with Gasteiger partial charge in [-0.05, 0) is 60.5 Å². The first-order chi connectivity index (χ1) is 7.78. The van der Waals surface area contributed by atoms with Crippen LogP contribution in [0.3, 0.4) is 0 Å². The molecule has 0 atom stereocenters. The summed E-state index contributed by atoms with van der Waals surface area (Å²) >= 11 is 9.24. The standard InChI is InChI=1S/C13H14BrClO2/c1-13(2,3)17-12(16)7-5-9-4-6-10(14)11(15)8-9/h4-8H,1-3H3/b7-5+. The minimum absolute atomic E-state index is 0.364. The maximum atomic E-state index is 11.4. The minimum atomic E-state index is -0.473. The molecule has 0 bridgehead atoms. The third-order valence-corrected chi connectivity index (χ3v) is 2.99. The summed E-state index contributed by atoms with van der Waals surface area (Å²) in [4.78, 5) is 11.4. The molecule has 92 valence electrons. The van der Waals surface area contributed by atoms with Gasteiger partial charge in [-0.25, -0.2) is 4.79 Å². The molecule has 2 nitrogen and oxygen atoms in total. The molecule has 0 radical (unpaired) electrons. The van der Waals surface area contributed by atoms with Gasteiger partial charge in [0.1, 0.15) is 5.60 Å². The number of ether oxygens (including phenoxy) is 1. The van der Waals surface area contributed by atoms with Gasteiger partial charge in [0, 0.05) is 10.5 Å². The van der Waals surface area contributed by atoms with Gasteiger partial charge in [0.15, 0.2) is 0 Å². The van der Waals surface area contributed by atoms with E-state index >= 15 is 0 Å². The number of benzene rings is 1. The number of rotatable bonds is 2. The molecule has 0 aliphatic carbocycles. The van der Waals surface area contributed by atoms with Gasteiger partial charge in [0.05, 0.1) is 5.02 Å². The lowest BCUT2D eigenvalue weighted by molar-refractivity contribution is -0.148. The summed E-state index contributed by atoms with van der Waals surface area (Å²) in [6, 6.07) is 5.46. The molecule has 1 rings (SSSR count). The topological polar surface area (TPSA) is 26.3 Å². The van der Waals surface area contributed by atoms with E-state index in [1.807, 2.05) is 32.9 Å². The Kier molecular flexibility index (Phi) is 4.78. The Morgan fingerprint density at radius 2 is 2.06 bits per heavy atom. The maximum Gasteiger partial charge on any atom is 0.331 e. The molecule has 0 fully saturated rings. The van der Waals surface area contributed by atoms with Crippen LogP contribution in [0.15, 0.2) is 28.7 Å². The smallest absolute Gasteiger partial charge is 0.331 e. The summed E-state index contributed by atoms with van der Waals surface area (Å²) in [7, 11) is 0. The van der Waals surface area contributed by atoms with Crippen molar-refractivity contribution in [2.24, 2.45) is 0 Å². The molecule has 1 aromatic rings. The Labute approximate surface area is 115 Å². The van der Waals surface area contributed by atoms with E-state index in [0.717, 1.165) is 10.0 Å². The lowest BCUT2D eigenvalue weighted by atomic mass is 10.2. The van der Waals surface area contributed by atoms with Gasteiger partial charge in [-0.15, -0.1) is 0 Å². The molecule has 0 aliphatic rings. The van der Waals surface area contributed by atoms with E-state index < -0.39 is 5.60 Å². The summed E-state index contributed by atoms with van der Waals surface area (Å²) in [6.45, 7) is 5.49. The Bertz CT molecular complexity index is 447. The fraction of sp³-hybridized carbons (Fsp3) is 0.308. The first-order valence-electron chi connectivity index (χ1n) is 5.14. The van der Waals surface area contributed by atoms with Gasteiger partial charge in [-0.1, -0.05) is 17.7 Å². The molecule has 0 aliphatic heterocycles. The van der Waals surface area contributed by atoms with Crippen LogP contribution in [-0.4, -0.2) is 11.6 Å². The van der Waals surface area contributed by atoms with E-state index in [1.165, 1.54) is 6.08 Å². The first kappa shape index (κ1) is 14.3. The molecular formula is C13H14BrClO2.